The summed E-state index contributed by atoms with van der Waals surface area (Å²) < 4.78 is 5.58. The van der Waals surface area contributed by atoms with Crippen molar-refractivity contribution < 1.29 is 9.53 Å². The van der Waals surface area contributed by atoms with Gasteiger partial charge < -0.3 is 19.9 Å². The Morgan fingerprint density at radius 3 is 3.04 bits per heavy atom. The fourth-order valence-electron chi connectivity index (χ4n) is 3.13. The molecule has 3 heterocycles. The minimum absolute atomic E-state index is 0.0660. The van der Waals surface area contributed by atoms with Crippen molar-refractivity contribution in [2.24, 2.45) is 0 Å². The maximum atomic E-state index is 12.6. The van der Waals surface area contributed by atoms with Crippen LogP contribution < -0.4 is 10.1 Å². The molecule has 0 fully saturated rings. The van der Waals surface area contributed by atoms with Gasteiger partial charge in [0.1, 0.15) is 6.61 Å². The van der Waals surface area contributed by atoms with Crippen LogP contribution in [0.3, 0.4) is 0 Å². The number of aromatic amines is 1. The maximum absolute atomic E-state index is 12.6. The zero-order valence-electron chi connectivity index (χ0n) is 15.4. The first kappa shape index (κ1) is 17.1. The Labute approximate surface area is 157 Å². The van der Waals surface area contributed by atoms with Gasteiger partial charge in [0.2, 0.25) is 5.91 Å². The Bertz CT molecular complexity index is 975. The number of H-pyrrole nitrogens is 1. The summed E-state index contributed by atoms with van der Waals surface area (Å²) in [5.74, 6) is 1.39. The second-order valence-electron chi connectivity index (χ2n) is 6.66. The van der Waals surface area contributed by atoms with Crippen LogP contribution >= 0.6 is 0 Å². The van der Waals surface area contributed by atoms with E-state index in [2.05, 4.69) is 27.4 Å². The summed E-state index contributed by atoms with van der Waals surface area (Å²) in [7, 11) is 1.81. The average molecular weight is 362 g/mol. The molecule has 1 atom stereocenters. The van der Waals surface area contributed by atoms with E-state index in [1.807, 2.05) is 31.2 Å². The average Bonchev–Trinajstić information content (AvgIpc) is 3.15. The standard InChI is InChI=1S/C21H22N4O2/c1-14(18-12-16-5-3-4-6-17(16)24-18)25(2)20(26)8-7-15-11-19-21(23-13-15)22-9-10-27-19/h3-8,11-14,24H,9-10H2,1-2H3,(H,22,23)/b8-7+. The number of rotatable bonds is 4. The van der Waals surface area contributed by atoms with E-state index in [0.717, 1.165) is 40.3 Å². The largest absolute Gasteiger partial charge is 0.488 e. The highest BCUT2D eigenvalue weighted by molar-refractivity contribution is 5.92. The first-order valence-electron chi connectivity index (χ1n) is 9.01. The number of nitrogens with zero attached hydrogens (tertiary/aromatic N) is 2. The summed E-state index contributed by atoms with van der Waals surface area (Å²) in [6.07, 6.45) is 5.06. The third-order valence-corrected chi connectivity index (χ3v) is 4.87. The lowest BCUT2D eigenvalue weighted by Gasteiger charge is -2.23. The molecule has 1 aliphatic rings. The summed E-state index contributed by atoms with van der Waals surface area (Å²) in [5, 5.41) is 4.32. The lowest BCUT2D eigenvalue weighted by atomic mass is 10.2. The predicted octanol–water partition coefficient (Wildman–Crippen LogP) is 3.60. The number of hydrogen-bond acceptors (Lipinski definition) is 4. The highest BCUT2D eigenvalue weighted by Crippen LogP contribution is 2.26. The molecule has 1 amide bonds. The number of likely N-dealkylation sites (N-methyl/N-ethyl adjacent to an activating group) is 1. The summed E-state index contributed by atoms with van der Waals surface area (Å²) in [6, 6.07) is 12.0. The molecule has 0 aliphatic carbocycles. The number of carbonyl (C=O) groups is 1. The van der Waals surface area contributed by atoms with Crippen molar-refractivity contribution in [3.8, 4) is 5.75 Å². The number of ether oxygens (including phenoxy) is 1. The topological polar surface area (TPSA) is 70.2 Å². The molecular formula is C21H22N4O2. The van der Waals surface area contributed by atoms with Gasteiger partial charge in [-0.1, -0.05) is 18.2 Å². The number of pyridine rings is 1. The highest BCUT2D eigenvalue weighted by Gasteiger charge is 2.17. The van der Waals surface area contributed by atoms with Crippen LogP contribution in [0.5, 0.6) is 5.75 Å². The van der Waals surface area contributed by atoms with Crippen molar-refractivity contribution >= 4 is 28.7 Å². The number of aromatic nitrogens is 2. The van der Waals surface area contributed by atoms with E-state index in [0.29, 0.717) is 6.61 Å². The van der Waals surface area contributed by atoms with Crippen LogP contribution in [0, 0.1) is 0 Å². The Kier molecular flexibility index (Phi) is 4.54. The van der Waals surface area contributed by atoms with Crippen LogP contribution in [-0.4, -0.2) is 41.0 Å². The third kappa shape index (κ3) is 3.51. The van der Waals surface area contributed by atoms with E-state index < -0.39 is 0 Å². The molecule has 0 spiro atoms. The van der Waals surface area contributed by atoms with E-state index in [-0.39, 0.29) is 11.9 Å². The molecule has 0 bridgehead atoms. The summed E-state index contributed by atoms with van der Waals surface area (Å²) in [6.45, 7) is 3.38. The lowest BCUT2D eigenvalue weighted by Crippen LogP contribution is -2.28. The SMILES string of the molecule is CC(c1cc2ccccc2[nH]1)N(C)C(=O)/C=C/c1cnc2c(c1)OCCN2. The fraction of sp³-hybridized carbons (Fsp3) is 0.238. The van der Waals surface area contributed by atoms with Gasteiger partial charge in [-0.15, -0.1) is 0 Å². The predicted molar refractivity (Wildman–Crippen MR) is 107 cm³/mol. The number of hydrogen-bond donors (Lipinski definition) is 2. The molecule has 6 heteroatoms. The number of nitrogens with one attached hydrogen (secondary N) is 2. The zero-order valence-corrected chi connectivity index (χ0v) is 15.4. The molecule has 2 aromatic heterocycles. The van der Waals surface area contributed by atoms with Crippen LogP contribution in [0.1, 0.15) is 24.2 Å². The first-order chi connectivity index (χ1) is 13.1. The second kappa shape index (κ2) is 7.15. The van der Waals surface area contributed by atoms with Gasteiger partial charge in [-0.05, 0) is 42.1 Å². The smallest absolute Gasteiger partial charge is 0.246 e. The molecular weight excluding hydrogens is 340 g/mol. The Balaban J connectivity index is 1.47. The van der Waals surface area contributed by atoms with Gasteiger partial charge in [-0.2, -0.15) is 0 Å². The molecule has 1 unspecified atom stereocenters. The highest BCUT2D eigenvalue weighted by atomic mass is 16.5. The molecule has 4 rings (SSSR count). The second-order valence-corrected chi connectivity index (χ2v) is 6.66. The number of benzene rings is 1. The zero-order chi connectivity index (χ0) is 18.8. The number of amides is 1. The molecule has 0 radical (unpaired) electrons. The van der Waals surface area contributed by atoms with Gasteiger partial charge in [-0.25, -0.2) is 4.98 Å². The molecule has 2 N–H and O–H groups in total. The normalized spacial score (nSPS) is 14.4. The molecule has 1 aliphatic heterocycles. The van der Waals surface area contributed by atoms with Crippen LogP contribution in [0.2, 0.25) is 0 Å². The van der Waals surface area contributed by atoms with Gasteiger partial charge in [0.25, 0.3) is 0 Å². The molecule has 27 heavy (non-hydrogen) atoms. The van der Waals surface area contributed by atoms with E-state index >= 15 is 0 Å². The van der Waals surface area contributed by atoms with Crippen molar-refractivity contribution in [1.29, 1.82) is 0 Å². The van der Waals surface area contributed by atoms with E-state index in [1.165, 1.54) is 0 Å². The summed E-state index contributed by atoms with van der Waals surface area (Å²) >= 11 is 0. The molecule has 0 saturated carbocycles. The van der Waals surface area contributed by atoms with Gasteiger partial charge in [0.05, 0.1) is 12.6 Å². The van der Waals surface area contributed by atoms with E-state index in [1.54, 1.807) is 30.3 Å². The third-order valence-electron chi connectivity index (χ3n) is 4.87. The number of anilines is 1. The van der Waals surface area contributed by atoms with Crippen molar-refractivity contribution in [2.75, 3.05) is 25.5 Å². The van der Waals surface area contributed by atoms with Crippen LogP contribution in [0.15, 0.2) is 48.7 Å². The summed E-state index contributed by atoms with van der Waals surface area (Å²) in [4.78, 5) is 22.0. The van der Waals surface area contributed by atoms with Crippen molar-refractivity contribution in [3.05, 3.63) is 59.9 Å². The minimum atomic E-state index is -0.0714. The van der Waals surface area contributed by atoms with Crippen LogP contribution in [-0.2, 0) is 4.79 Å². The van der Waals surface area contributed by atoms with Gasteiger partial charge >= 0.3 is 0 Å². The molecule has 3 aromatic rings. The van der Waals surface area contributed by atoms with Crippen molar-refractivity contribution in [3.63, 3.8) is 0 Å². The van der Waals surface area contributed by atoms with Gasteiger partial charge in [-0.3, -0.25) is 4.79 Å². The minimum Gasteiger partial charge on any atom is -0.488 e. The monoisotopic (exact) mass is 362 g/mol. The van der Waals surface area contributed by atoms with E-state index in [9.17, 15) is 4.79 Å². The molecule has 0 saturated heterocycles. The fourth-order valence-corrected chi connectivity index (χ4v) is 3.13. The van der Waals surface area contributed by atoms with E-state index in [4.69, 9.17) is 4.74 Å². The first-order valence-corrected chi connectivity index (χ1v) is 9.01. The number of para-hydroxylation sites is 1. The molecule has 6 nitrogen and oxygen atoms in total. The summed E-state index contributed by atoms with van der Waals surface area (Å²) in [5.41, 5.74) is 2.91. The Morgan fingerprint density at radius 1 is 1.33 bits per heavy atom. The Morgan fingerprint density at radius 2 is 2.19 bits per heavy atom. The van der Waals surface area contributed by atoms with Crippen LogP contribution in [0.25, 0.3) is 17.0 Å². The molecule has 1 aromatic carbocycles. The number of fused-ring (bicyclic) bond motifs is 2. The van der Waals surface area contributed by atoms with Crippen LogP contribution in [0.4, 0.5) is 5.82 Å². The van der Waals surface area contributed by atoms with Crippen molar-refractivity contribution in [2.45, 2.75) is 13.0 Å². The lowest BCUT2D eigenvalue weighted by molar-refractivity contribution is -0.126. The quantitative estimate of drug-likeness (QED) is 0.696. The Hall–Kier alpha value is -3.28. The van der Waals surface area contributed by atoms with Gasteiger partial charge in [0.15, 0.2) is 11.6 Å². The molecule has 138 valence electrons. The van der Waals surface area contributed by atoms with Crippen molar-refractivity contribution in [1.82, 2.24) is 14.9 Å². The number of carbonyl (C=O) groups excluding carboxylic acids is 1. The maximum Gasteiger partial charge on any atom is 0.246 e. The van der Waals surface area contributed by atoms with Gasteiger partial charge in [0, 0.05) is 30.5 Å².